The van der Waals surface area contributed by atoms with Crippen LogP contribution in [0.1, 0.15) is 23.2 Å². The van der Waals surface area contributed by atoms with Crippen LogP contribution in [0, 0.1) is 0 Å². The number of aliphatic hydroxyl groups is 2. The highest BCUT2D eigenvalue weighted by Gasteiger charge is 2.46. The van der Waals surface area contributed by atoms with E-state index in [-0.39, 0.29) is 24.7 Å². The van der Waals surface area contributed by atoms with E-state index in [2.05, 4.69) is 10.2 Å². The van der Waals surface area contributed by atoms with Gasteiger partial charge in [0.15, 0.2) is 0 Å². The molecule has 3 rings (SSSR count). The number of carbonyl (C=O) groups excluding carboxylic acids is 1. The summed E-state index contributed by atoms with van der Waals surface area (Å²) in [5.74, 6) is -0.166. The van der Waals surface area contributed by atoms with Crippen LogP contribution in [0.3, 0.4) is 0 Å². The summed E-state index contributed by atoms with van der Waals surface area (Å²) < 4.78 is 5.82. The highest BCUT2D eigenvalue weighted by Crippen LogP contribution is 2.28. The molecule has 2 fully saturated rings. The number of benzene rings is 1. The quantitative estimate of drug-likeness (QED) is 0.663. The molecule has 1 aromatic carbocycles. The normalized spacial score (nSPS) is 29.1. The molecule has 0 spiro atoms. The first-order chi connectivity index (χ1) is 12.5. The lowest BCUT2D eigenvalue weighted by Crippen LogP contribution is -2.50. The summed E-state index contributed by atoms with van der Waals surface area (Å²) in [5.41, 5.74) is 1.62. The third-order valence-electron chi connectivity index (χ3n) is 5.31. The van der Waals surface area contributed by atoms with Crippen molar-refractivity contribution in [3.63, 3.8) is 0 Å². The zero-order chi connectivity index (χ0) is 18.7. The maximum absolute atomic E-state index is 12.4. The molecule has 2 saturated heterocycles. The predicted octanol–water partition coefficient (Wildman–Crippen LogP) is 0.0674. The Hall–Kier alpha value is -1.67. The van der Waals surface area contributed by atoms with Crippen molar-refractivity contribution in [2.75, 3.05) is 45.2 Å². The Morgan fingerprint density at radius 2 is 1.88 bits per heavy atom. The van der Waals surface area contributed by atoms with Crippen molar-refractivity contribution in [1.82, 2.24) is 10.2 Å². The summed E-state index contributed by atoms with van der Waals surface area (Å²) in [6, 6.07) is 7.21. The SMILES string of the molecule is CN(C)c1ccc(C(=O)NC[C@@H]2O[C@@H](CO)[C@@H](O)[C@H]2N2CCCC2)cc1. The van der Waals surface area contributed by atoms with Gasteiger partial charge in [-0.3, -0.25) is 9.69 Å². The third kappa shape index (κ3) is 4.01. The predicted molar refractivity (Wildman–Crippen MR) is 99.5 cm³/mol. The van der Waals surface area contributed by atoms with Crippen LogP contribution >= 0.6 is 0 Å². The van der Waals surface area contributed by atoms with Crippen molar-refractivity contribution >= 4 is 11.6 Å². The fourth-order valence-corrected chi connectivity index (χ4v) is 3.84. The minimum atomic E-state index is -0.737. The molecular weight excluding hydrogens is 334 g/mol. The first-order valence-corrected chi connectivity index (χ1v) is 9.25. The zero-order valence-corrected chi connectivity index (χ0v) is 15.5. The highest BCUT2D eigenvalue weighted by atomic mass is 16.5. The maximum atomic E-state index is 12.4. The smallest absolute Gasteiger partial charge is 0.251 e. The van der Waals surface area contributed by atoms with Crippen LogP contribution in [0.5, 0.6) is 0 Å². The Morgan fingerprint density at radius 1 is 1.23 bits per heavy atom. The second kappa shape index (κ2) is 8.35. The van der Waals surface area contributed by atoms with Crippen molar-refractivity contribution < 1.29 is 19.7 Å². The van der Waals surface area contributed by atoms with Gasteiger partial charge in [-0.25, -0.2) is 0 Å². The molecule has 2 heterocycles. The average molecular weight is 363 g/mol. The molecule has 1 aromatic rings. The molecule has 0 bridgehead atoms. The summed E-state index contributed by atoms with van der Waals surface area (Å²) in [5, 5.41) is 22.9. The summed E-state index contributed by atoms with van der Waals surface area (Å²) in [4.78, 5) is 16.6. The highest BCUT2D eigenvalue weighted by molar-refractivity contribution is 5.94. The Morgan fingerprint density at radius 3 is 2.46 bits per heavy atom. The minimum Gasteiger partial charge on any atom is -0.394 e. The summed E-state index contributed by atoms with van der Waals surface area (Å²) in [6.45, 7) is 1.92. The number of anilines is 1. The summed E-state index contributed by atoms with van der Waals surface area (Å²) >= 11 is 0. The molecule has 0 aromatic heterocycles. The fourth-order valence-electron chi connectivity index (χ4n) is 3.84. The van der Waals surface area contributed by atoms with Crippen LogP contribution in [0.25, 0.3) is 0 Å². The van der Waals surface area contributed by atoms with Crippen LogP contribution in [-0.2, 0) is 4.74 Å². The van der Waals surface area contributed by atoms with Gasteiger partial charge in [-0.05, 0) is 50.2 Å². The zero-order valence-electron chi connectivity index (χ0n) is 15.5. The Labute approximate surface area is 154 Å². The van der Waals surface area contributed by atoms with Crippen molar-refractivity contribution in [3.05, 3.63) is 29.8 Å². The van der Waals surface area contributed by atoms with Crippen LogP contribution in [0.15, 0.2) is 24.3 Å². The van der Waals surface area contributed by atoms with E-state index < -0.39 is 12.2 Å². The van der Waals surface area contributed by atoms with Crippen LogP contribution in [-0.4, -0.2) is 85.7 Å². The molecule has 7 nitrogen and oxygen atoms in total. The van der Waals surface area contributed by atoms with E-state index >= 15 is 0 Å². The molecule has 0 unspecified atom stereocenters. The van der Waals surface area contributed by atoms with E-state index in [1.54, 1.807) is 12.1 Å². The van der Waals surface area contributed by atoms with Gasteiger partial charge in [-0.2, -0.15) is 0 Å². The number of hydrogen-bond acceptors (Lipinski definition) is 6. The molecule has 7 heteroatoms. The number of nitrogens with zero attached hydrogens (tertiary/aromatic N) is 2. The molecule has 3 N–H and O–H groups in total. The number of nitrogens with one attached hydrogen (secondary N) is 1. The van der Waals surface area contributed by atoms with Crippen molar-refractivity contribution in [3.8, 4) is 0 Å². The number of amides is 1. The topological polar surface area (TPSA) is 85.3 Å². The Balaban J connectivity index is 1.62. The second-order valence-electron chi connectivity index (χ2n) is 7.27. The molecule has 2 aliphatic rings. The van der Waals surface area contributed by atoms with Gasteiger partial charge < -0.3 is 25.2 Å². The van der Waals surface area contributed by atoms with Crippen LogP contribution < -0.4 is 10.2 Å². The molecule has 4 atom stereocenters. The third-order valence-corrected chi connectivity index (χ3v) is 5.31. The monoisotopic (exact) mass is 363 g/mol. The molecule has 1 amide bonds. The molecule has 2 aliphatic heterocycles. The second-order valence-corrected chi connectivity index (χ2v) is 7.27. The lowest BCUT2D eigenvalue weighted by molar-refractivity contribution is -0.0209. The van der Waals surface area contributed by atoms with Gasteiger partial charge in [0.05, 0.1) is 18.8 Å². The van der Waals surface area contributed by atoms with Crippen molar-refractivity contribution in [2.24, 2.45) is 0 Å². The number of rotatable bonds is 6. The van der Waals surface area contributed by atoms with Gasteiger partial charge in [0, 0.05) is 31.9 Å². The Kier molecular flexibility index (Phi) is 6.13. The fraction of sp³-hybridized carbons (Fsp3) is 0.632. The summed E-state index contributed by atoms with van der Waals surface area (Å²) in [6.07, 6.45) is 0.542. The van der Waals surface area contributed by atoms with E-state index in [0.717, 1.165) is 31.6 Å². The number of hydrogen-bond donors (Lipinski definition) is 3. The van der Waals surface area contributed by atoms with Gasteiger partial charge in [-0.15, -0.1) is 0 Å². The van der Waals surface area contributed by atoms with Gasteiger partial charge in [-0.1, -0.05) is 0 Å². The van der Waals surface area contributed by atoms with E-state index in [0.29, 0.717) is 12.1 Å². The van der Waals surface area contributed by atoms with Gasteiger partial charge in [0.25, 0.3) is 5.91 Å². The van der Waals surface area contributed by atoms with E-state index in [9.17, 15) is 15.0 Å². The van der Waals surface area contributed by atoms with Gasteiger partial charge in [0.2, 0.25) is 0 Å². The average Bonchev–Trinajstić information content (AvgIpc) is 3.27. The first-order valence-electron chi connectivity index (χ1n) is 9.25. The van der Waals surface area contributed by atoms with Gasteiger partial charge in [0.1, 0.15) is 12.2 Å². The van der Waals surface area contributed by atoms with E-state index in [1.807, 2.05) is 31.1 Å². The van der Waals surface area contributed by atoms with Crippen LogP contribution in [0.4, 0.5) is 5.69 Å². The molecular formula is C19H29N3O4. The summed E-state index contributed by atoms with van der Waals surface area (Å²) in [7, 11) is 3.90. The standard InChI is InChI=1S/C19H29N3O4/c1-21(2)14-7-5-13(6-8-14)19(25)20-11-15-17(22-9-3-4-10-22)18(24)16(12-23)26-15/h5-8,15-18,23-24H,3-4,9-12H2,1-2H3,(H,20,25)/t15-,16-,17-,18+/m0/s1. The first kappa shape index (κ1) is 19.1. The molecule has 26 heavy (non-hydrogen) atoms. The minimum absolute atomic E-state index is 0.166. The molecule has 0 saturated carbocycles. The molecule has 144 valence electrons. The largest absolute Gasteiger partial charge is 0.394 e. The van der Waals surface area contributed by atoms with Crippen LogP contribution in [0.2, 0.25) is 0 Å². The van der Waals surface area contributed by atoms with E-state index in [4.69, 9.17) is 4.74 Å². The lowest BCUT2D eigenvalue weighted by atomic mass is 10.0. The van der Waals surface area contributed by atoms with Gasteiger partial charge >= 0.3 is 0 Å². The number of likely N-dealkylation sites (tertiary alicyclic amines) is 1. The number of ether oxygens (including phenoxy) is 1. The van der Waals surface area contributed by atoms with Crippen molar-refractivity contribution in [2.45, 2.75) is 37.2 Å². The number of carbonyl (C=O) groups is 1. The Bertz CT molecular complexity index is 601. The lowest BCUT2D eigenvalue weighted by Gasteiger charge is -2.30. The molecule has 0 radical (unpaired) electrons. The molecule has 0 aliphatic carbocycles. The number of aliphatic hydroxyl groups excluding tert-OH is 2. The van der Waals surface area contributed by atoms with E-state index in [1.165, 1.54) is 0 Å². The maximum Gasteiger partial charge on any atom is 0.251 e. The van der Waals surface area contributed by atoms with Crippen molar-refractivity contribution in [1.29, 1.82) is 0 Å².